The molecule has 6 aromatic carbocycles. The molecule has 29 heteroatoms. The summed E-state index contributed by atoms with van der Waals surface area (Å²) in [6, 6.07) is -1.20. The maximum Gasteiger partial charge on any atom is 0.265 e. The molecule has 0 N–H and O–H groups in total. The Bertz CT molecular complexity index is 2510. The largest absolute Gasteiger partial charge is 0.265 e. The molecule has 342 valence electrons. The van der Waals surface area contributed by atoms with Crippen molar-refractivity contribution in [1.82, 2.24) is 0 Å². The van der Waals surface area contributed by atoms with Gasteiger partial charge in [0.15, 0.2) is 157 Å². The summed E-state index contributed by atoms with van der Waals surface area (Å²) in [6.07, 6.45) is 0. The van der Waals surface area contributed by atoms with Crippen molar-refractivity contribution in [2.75, 3.05) is 0 Å². The molecule has 0 heterocycles. The van der Waals surface area contributed by atoms with Crippen molar-refractivity contribution >= 4 is 46.2 Å². The van der Waals surface area contributed by atoms with Crippen LogP contribution in [0.15, 0.2) is 18.2 Å². The van der Waals surface area contributed by atoms with Gasteiger partial charge in [0.05, 0.1) is 0 Å². The Morgan fingerprint density at radius 1 is 0.154 bits per heavy atom. The average Bonchev–Trinajstić information content (AvgIpc) is 3.25. The second-order valence-corrected chi connectivity index (χ2v) is 12.5. The van der Waals surface area contributed by atoms with Crippen molar-refractivity contribution in [3.05, 3.63) is 175 Å². The van der Waals surface area contributed by atoms with Crippen molar-refractivity contribution in [3.63, 3.8) is 0 Å². The minimum atomic E-state index is -3.96. The van der Waals surface area contributed by atoms with Crippen molar-refractivity contribution in [3.8, 4) is 0 Å². The van der Waals surface area contributed by atoms with E-state index in [1.54, 1.807) is 0 Å². The SMILES string of the molecule is Fc1c(F)c(F)c(B(c2c(F)c(F)c(F)c(F)c2F)c2c(F)c(F)c(F)c(F)c2F)c(F)c1F.Fc1cc(F)c(F)c(B(c2c(F)c(F)cc(F)c2F)c2c(F)c(F)cc(F)c2F)c1F. The monoisotopic (exact) mass is 970 g/mol. The van der Waals surface area contributed by atoms with Gasteiger partial charge in [-0.15, -0.1) is 0 Å². The van der Waals surface area contributed by atoms with Gasteiger partial charge in [-0.3, -0.25) is 0 Å². The number of halogens is 27. The molecule has 0 aromatic heterocycles. The Kier molecular flexibility index (Phi) is 13.6. The minimum absolute atomic E-state index is 0.400. The first-order valence-electron chi connectivity index (χ1n) is 16.1. The summed E-state index contributed by atoms with van der Waals surface area (Å²) in [5, 5.41) is 0. The summed E-state index contributed by atoms with van der Waals surface area (Å²) in [6.45, 7) is -7.40. The first kappa shape index (κ1) is 49.6. The molecule has 0 atom stereocenters. The first-order valence-corrected chi connectivity index (χ1v) is 16.1. The van der Waals surface area contributed by atoms with Crippen LogP contribution in [0.4, 0.5) is 119 Å². The smallest absolute Gasteiger partial charge is 0.204 e. The maximum atomic E-state index is 14.4. The normalized spacial score (nSPS) is 11.3. The Hall–Kier alpha value is -6.44. The zero-order chi connectivity index (χ0) is 49.3. The van der Waals surface area contributed by atoms with Crippen LogP contribution in [-0.2, 0) is 0 Å². The van der Waals surface area contributed by atoms with Crippen molar-refractivity contribution < 1.29 is 119 Å². The molecule has 0 unspecified atom stereocenters. The van der Waals surface area contributed by atoms with Gasteiger partial charge in [-0.05, 0) is 0 Å². The van der Waals surface area contributed by atoms with E-state index in [0.717, 1.165) is 0 Å². The summed E-state index contributed by atoms with van der Waals surface area (Å²) < 4.78 is 377. The first-order chi connectivity index (χ1) is 30.0. The van der Waals surface area contributed by atoms with Gasteiger partial charge in [0.1, 0.15) is 0 Å². The van der Waals surface area contributed by atoms with Gasteiger partial charge < -0.3 is 0 Å². The predicted molar refractivity (Wildman–Crippen MR) is 167 cm³/mol. The zero-order valence-electron chi connectivity index (χ0n) is 29.6. The lowest BCUT2D eigenvalue weighted by molar-refractivity contribution is 0.380. The molecule has 0 amide bonds. The molecule has 0 fully saturated rings. The van der Waals surface area contributed by atoms with Crippen LogP contribution in [0.3, 0.4) is 0 Å². The molecule has 0 bridgehead atoms. The van der Waals surface area contributed by atoms with Gasteiger partial charge in [0.25, 0.3) is 13.4 Å². The van der Waals surface area contributed by atoms with Gasteiger partial charge in [-0.25, -0.2) is 119 Å². The van der Waals surface area contributed by atoms with Gasteiger partial charge in [0.2, 0.25) is 0 Å². The fourth-order valence-electron chi connectivity index (χ4n) is 6.03. The van der Waals surface area contributed by atoms with E-state index in [-0.39, 0.29) is 0 Å². The molecule has 0 aliphatic heterocycles. The van der Waals surface area contributed by atoms with Crippen molar-refractivity contribution in [2.45, 2.75) is 0 Å². The molecule has 6 aromatic rings. The highest BCUT2D eigenvalue weighted by molar-refractivity contribution is 6.96. The second kappa shape index (κ2) is 17.9. The molecule has 6 rings (SSSR count). The molecule has 0 nitrogen and oxygen atoms in total. The van der Waals surface area contributed by atoms with E-state index >= 15 is 0 Å². The van der Waals surface area contributed by atoms with Gasteiger partial charge in [-0.1, -0.05) is 0 Å². The summed E-state index contributed by atoms with van der Waals surface area (Å²) in [7, 11) is 0. The van der Waals surface area contributed by atoms with Crippen LogP contribution in [0.25, 0.3) is 0 Å². The highest BCUT2D eigenvalue weighted by atomic mass is 19.2. The zero-order valence-corrected chi connectivity index (χ0v) is 29.6. The van der Waals surface area contributed by atoms with Gasteiger partial charge in [0, 0.05) is 51.0 Å². The summed E-state index contributed by atoms with van der Waals surface area (Å²) in [4.78, 5) is 0. The van der Waals surface area contributed by atoms with E-state index in [1.165, 1.54) is 0 Å². The van der Waals surface area contributed by atoms with E-state index in [2.05, 4.69) is 0 Å². The molecule has 0 spiro atoms. The summed E-state index contributed by atoms with van der Waals surface area (Å²) in [5.41, 5.74) is -14.7. The van der Waals surface area contributed by atoms with Crippen LogP contribution in [0.5, 0.6) is 0 Å². The standard InChI is InChI=1S/C18BF15.C18H3BF12/c20-4-1(5(21)11(27)16(32)10(4)26)19(2-6(22)12(28)17(33)13(29)7(2)23)3-8(24)14(30)18(34)15(31)9(3)25;20-4-1-5(21)14(27)10(13(4)26)19(11-15(28)6(22)2-7(23)16(11)29)12-17(30)8(24)3-9(25)18(12)31/h;1-3H. The summed E-state index contributed by atoms with van der Waals surface area (Å²) >= 11 is 0. The van der Waals surface area contributed by atoms with Gasteiger partial charge >= 0.3 is 0 Å². The van der Waals surface area contributed by atoms with E-state index in [4.69, 9.17) is 0 Å². The molecule has 0 aliphatic carbocycles. The number of rotatable bonds is 6. The highest BCUT2D eigenvalue weighted by Gasteiger charge is 2.46. The number of benzene rings is 6. The molecule has 0 aliphatic rings. The lowest BCUT2D eigenvalue weighted by Gasteiger charge is -2.21. The third kappa shape index (κ3) is 7.94. The Morgan fingerprint density at radius 2 is 0.262 bits per heavy atom. The average molecular weight is 970 g/mol. The molecule has 0 saturated carbocycles. The van der Waals surface area contributed by atoms with E-state index in [9.17, 15) is 119 Å². The van der Waals surface area contributed by atoms with E-state index in [0.29, 0.717) is 0 Å². The Balaban J connectivity index is 0.000000245. The second-order valence-electron chi connectivity index (χ2n) is 12.5. The van der Waals surface area contributed by atoms with Crippen LogP contribution < -0.4 is 32.8 Å². The van der Waals surface area contributed by atoms with Crippen molar-refractivity contribution in [1.29, 1.82) is 0 Å². The number of hydrogen-bond donors (Lipinski definition) is 0. The van der Waals surface area contributed by atoms with E-state index in [1.807, 2.05) is 0 Å². The van der Waals surface area contributed by atoms with Crippen molar-refractivity contribution in [2.24, 2.45) is 0 Å². The predicted octanol–water partition coefficient (Wildman–Crippen LogP) is 8.16. The van der Waals surface area contributed by atoms with Crippen LogP contribution in [0, 0.1) is 157 Å². The lowest BCUT2D eigenvalue weighted by atomic mass is 9.36. The molecular weight excluding hydrogens is 967 g/mol. The fourth-order valence-corrected chi connectivity index (χ4v) is 6.03. The Labute approximate surface area is 340 Å². The molecule has 65 heavy (non-hydrogen) atoms. The van der Waals surface area contributed by atoms with Crippen LogP contribution in [0.1, 0.15) is 0 Å². The van der Waals surface area contributed by atoms with E-state index < -0.39 is 221 Å². The topological polar surface area (TPSA) is 0 Å². The third-order valence-electron chi connectivity index (χ3n) is 8.90. The third-order valence-corrected chi connectivity index (χ3v) is 8.90. The molecular formula is C36H3B2F27. The van der Waals surface area contributed by atoms with Crippen LogP contribution >= 0.6 is 0 Å². The quantitative estimate of drug-likeness (QED) is 0.0685. The van der Waals surface area contributed by atoms with Crippen LogP contribution in [-0.4, -0.2) is 13.4 Å². The van der Waals surface area contributed by atoms with Crippen LogP contribution in [0.2, 0.25) is 0 Å². The fraction of sp³-hybridized carbons (Fsp3) is 0. The highest BCUT2D eigenvalue weighted by Crippen LogP contribution is 2.25. The minimum Gasteiger partial charge on any atom is -0.204 e. The number of hydrogen-bond acceptors (Lipinski definition) is 0. The lowest BCUT2D eigenvalue weighted by Crippen LogP contribution is -2.60. The maximum absolute atomic E-state index is 14.4. The molecule has 0 saturated heterocycles. The Morgan fingerprint density at radius 3 is 0.400 bits per heavy atom. The molecule has 0 radical (unpaired) electrons. The summed E-state index contributed by atoms with van der Waals surface area (Å²) in [5.74, 6) is -73.8. The van der Waals surface area contributed by atoms with Gasteiger partial charge in [-0.2, -0.15) is 0 Å².